The lowest BCUT2D eigenvalue weighted by Crippen LogP contribution is -1.99. The van der Waals surface area contributed by atoms with Crippen molar-refractivity contribution in [1.82, 2.24) is 0 Å². The van der Waals surface area contributed by atoms with Gasteiger partial charge in [0.1, 0.15) is 6.10 Å². The Balaban J connectivity index is 2.24. The average molecular weight is 226 g/mol. The van der Waals surface area contributed by atoms with Crippen molar-refractivity contribution in [2.45, 2.75) is 6.10 Å². The van der Waals surface area contributed by atoms with E-state index in [0.29, 0.717) is 5.56 Å². The van der Waals surface area contributed by atoms with Gasteiger partial charge in [0.25, 0.3) is 0 Å². The molecule has 17 heavy (non-hydrogen) atoms. The lowest BCUT2D eigenvalue weighted by atomic mass is 10.0. The predicted octanol–water partition coefficient (Wildman–Crippen LogP) is 2.45. The molecule has 0 aromatic heterocycles. The lowest BCUT2D eigenvalue weighted by molar-refractivity contribution is 0.0696. The Labute approximate surface area is 98.0 Å². The summed E-state index contributed by atoms with van der Waals surface area (Å²) < 4.78 is 0. The van der Waals surface area contributed by atoms with Gasteiger partial charge in [-0.2, -0.15) is 0 Å². The SMILES string of the molecule is O=C(O)c1ccc2c(c1)C(O)c1ccccc1-2. The van der Waals surface area contributed by atoms with Crippen molar-refractivity contribution in [3.05, 3.63) is 59.2 Å². The van der Waals surface area contributed by atoms with Crippen LogP contribution in [0.2, 0.25) is 0 Å². The van der Waals surface area contributed by atoms with Crippen LogP contribution in [0, 0.1) is 0 Å². The van der Waals surface area contributed by atoms with Crippen molar-refractivity contribution in [1.29, 1.82) is 0 Å². The fourth-order valence-corrected chi connectivity index (χ4v) is 2.32. The average Bonchev–Trinajstić information content (AvgIpc) is 2.64. The summed E-state index contributed by atoms with van der Waals surface area (Å²) in [4.78, 5) is 10.9. The van der Waals surface area contributed by atoms with Crippen LogP contribution in [-0.4, -0.2) is 16.2 Å². The van der Waals surface area contributed by atoms with Crippen LogP contribution in [-0.2, 0) is 0 Å². The number of fused-ring (bicyclic) bond motifs is 3. The highest BCUT2D eigenvalue weighted by molar-refractivity contribution is 5.90. The van der Waals surface area contributed by atoms with Gasteiger partial charge in [0.2, 0.25) is 0 Å². The van der Waals surface area contributed by atoms with E-state index >= 15 is 0 Å². The third-order valence-corrected chi connectivity index (χ3v) is 3.14. The topological polar surface area (TPSA) is 57.5 Å². The molecule has 0 spiro atoms. The van der Waals surface area contributed by atoms with E-state index in [-0.39, 0.29) is 5.56 Å². The van der Waals surface area contributed by atoms with Gasteiger partial charge >= 0.3 is 5.97 Å². The van der Waals surface area contributed by atoms with Crippen molar-refractivity contribution in [2.75, 3.05) is 0 Å². The zero-order valence-electron chi connectivity index (χ0n) is 8.92. The largest absolute Gasteiger partial charge is 0.478 e. The second kappa shape index (κ2) is 3.43. The summed E-state index contributed by atoms with van der Waals surface area (Å²) in [5.41, 5.74) is 3.61. The maximum atomic E-state index is 10.9. The molecule has 84 valence electrons. The number of hydrogen-bond acceptors (Lipinski definition) is 2. The van der Waals surface area contributed by atoms with Crippen LogP contribution in [0.15, 0.2) is 42.5 Å². The van der Waals surface area contributed by atoms with E-state index in [4.69, 9.17) is 5.11 Å². The van der Waals surface area contributed by atoms with Gasteiger partial charge in [-0.3, -0.25) is 0 Å². The van der Waals surface area contributed by atoms with Crippen LogP contribution in [0.25, 0.3) is 11.1 Å². The number of hydrogen-bond donors (Lipinski definition) is 2. The molecule has 0 radical (unpaired) electrons. The standard InChI is InChI=1S/C14H10O3/c15-13-11-4-2-1-3-9(11)10-6-5-8(14(16)17)7-12(10)13/h1-7,13,15H,(H,16,17). The highest BCUT2D eigenvalue weighted by atomic mass is 16.4. The quantitative estimate of drug-likeness (QED) is 0.785. The summed E-state index contributed by atoms with van der Waals surface area (Å²) in [6, 6.07) is 12.4. The molecule has 0 bridgehead atoms. The summed E-state index contributed by atoms with van der Waals surface area (Å²) in [6.07, 6.45) is -0.722. The van der Waals surface area contributed by atoms with Crippen molar-refractivity contribution < 1.29 is 15.0 Å². The van der Waals surface area contributed by atoms with E-state index in [1.807, 2.05) is 24.3 Å². The highest BCUT2D eigenvalue weighted by Crippen LogP contribution is 2.43. The van der Waals surface area contributed by atoms with Gasteiger partial charge in [-0.15, -0.1) is 0 Å². The zero-order chi connectivity index (χ0) is 12.0. The first kappa shape index (κ1) is 10.1. The Morgan fingerprint density at radius 1 is 1.00 bits per heavy atom. The number of aliphatic hydroxyl groups excluding tert-OH is 1. The van der Waals surface area contributed by atoms with Crippen molar-refractivity contribution in [3.8, 4) is 11.1 Å². The van der Waals surface area contributed by atoms with Gasteiger partial charge < -0.3 is 10.2 Å². The molecule has 1 aliphatic rings. The van der Waals surface area contributed by atoms with E-state index < -0.39 is 12.1 Å². The molecule has 0 fully saturated rings. The summed E-state index contributed by atoms with van der Waals surface area (Å²) in [6.45, 7) is 0. The molecule has 2 aromatic rings. The molecule has 0 saturated carbocycles. The molecule has 1 unspecified atom stereocenters. The molecule has 2 aromatic carbocycles. The van der Waals surface area contributed by atoms with E-state index in [2.05, 4.69) is 0 Å². The van der Waals surface area contributed by atoms with Gasteiger partial charge in [-0.05, 0) is 34.4 Å². The zero-order valence-corrected chi connectivity index (χ0v) is 8.92. The van der Waals surface area contributed by atoms with Gasteiger partial charge in [0, 0.05) is 0 Å². The monoisotopic (exact) mass is 226 g/mol. The molecule has 1 atom stereocenters. The highest BCUT2D eigenvalue weighted by Gasteiger charge is 2.27. The first-order valence-corrected chi connectivity index (χ1v) is 5.33. The molecule has 0 saturated heterocycles. The van der Waals surface area contributed by atoms with Crippen LogP contribution < -0.4 is 0 Å². The number of aliphatic hydroxyl groups is 1. The van der Waals surface area contributed by atoms with E-state index in [1.165, 1.54) is 0 Å². The fraction of sp³-hybridized carbons (Fsp3) is 0.0714. The Kier molecular flexibility index (Phi) is 2.03. The summed E-state index contributed by atoms with van der Waals surface area (Å²) in [7, 11) is 0. The number of benzene rings is 2. The normalized spacial score (nSPS) is 16.4. The van der Waals surface area contributed by atoms with Crippen LogP contribution in [0.1, 0.15) is 27.6 Å². The summed E-state index contributed by atoms with van der Waals surface area (Å²) in [5.74, 6) is -0.976. The Morgan fingerprint density at radius 2 is 1.71 bits per heavy atom. The van der Waals surface area contributed by atoms with Crippen LogP contribution in [0.4, 0.5) is 0 Å². The van der Waals surface area contributed by atoms with E-state index in [0.717, 1.165) is 16.7 Å². The number of aromatic carboxylic acids is 1. The number of carboxylic acids is 1. The molecule has 3 nitrogen and oxygen atoms in total. The molecule has 3 heteroatoms. The van der Waals surface area contributed by atoms with Gasteiger partial charge in [-0.25, -0.2) is 4.79 Å². The predicted molar refractivity (Wildman–Crippen MR) is 62.9 cm³/mol. The lowest BCUT2D eigenvalue weighted by Gasteiger charge is -2.05. The maximum absolute atomic E-state index is 10.9. The molecule has 0 aliphatic heterocycles. The van der Waals surface area contributed by atoms with E-state index in [9.17, 15) is 9.90 Å². The second-order valence-corrected chi connectivity index (χ2v) is 4.10. The van der Waals surface area contributed by atoms with Gasteiger partial charge in [0.15, 0.2) is 0 Å². The molecule has 1 aliphatic carbocycles. The molecular formula is C14H10O3. The Hall–Kier alpha value is -2.13. The first-order chi connectivity index (χ1) is 8.18. The second-order valence-electron chi connectivity index (χ2n) is 4.10. The van der Waals surface area contributed by atoms with E-state index in [1.54, 1.807) is 18.2 Å². The third kappa shape index (κ3) is 1.36. The molecule has 0 amide bonds. The summed E-state index contributed by atoms with van der Waals surface area (Å²) in [5, 5.41) is 19.1. The summed E-state index contributed by atoms with van der Waals surface area (Å²) >= 11 is 0. The molecule has 2 N–H and O–H groups in total. The molecule has 3 rings (SSSR count). The van der Waals surface area contributed by atoms with Gasteiger partial charge in [-0.1, -0.05) is 30.3 Å². The fourth-order valence-electron chi connectivity index (χ4n) is 2.32. The maximum Gasteiger partial charge on any atom is 0.335 e. The third-order valence-electron chi connectivity index (χ3n) is 3.14. The number of carbonyl (C=O) groups is 1. The first-order valence-electron chi connectivity index (χ1n) is 5.33. The minimum atomic E-state index is -0.976. The Bertz CT molecular complexity index is 617. The molecule has 0 heterocycles. The Morgan fingerprint density at radius 3 is 2.47 bits per heavy atom. The molecular weight excluding hydrogens is 216 g/mol. The minimum Gasteiger partial charge on any atom is -0.478 e. The van der Waals surface area contributed by atoms with Crippen LogP contribution in [0.5, 0.6) is 0 Å². The van der Waals surface area contributed by atoms with Crippen molar-refractivity contribution in [2.24, 2.45) is 0 Å². The van der Waals surface area contributed by atoms with Gasteiger partial charge in [0.05, 0.1) is 5.56 Å². The number of rotatable bonds is 1. The van der Waals surface area contributed by atoms with Crippen molar-refractivity contribution >= 4 is 5.97 Å². The smallest absolute Gasteiger partial charge is 0.335 e. The number of carboxylic acid groups (broad SMARTS) is 1. The van der Waals surface area contributed by atoms with Crippen LogP contribution in [0.3, 0.4) is 0 Å². The van der Waals surface area contributed by atoms with Crippen LogP contribution >= 0.6 is 0 Å². The minimum absolute atomic E-state index is 0.204. The van der Waals surface area contributed by atoms with Crippen molar-refractivity contribution in [3.63, 3.8) is 0 Å².